The van der Waals surface area contributed by atoms with Crippen molar-refractivity contribution in [3.8, 4) is 11.5 Å². The Labute approximate surface area is 175 Å². The molecule has 1 aromatic heterocycles. The summed E-state index contributed by atoms with van der Waals surface area (Å²) in [5.74, 6) is 0.332. The SMILES string of the molecule is COCCn1c(=NC(=O)c2cccc(OC)c2OC)sc2c(Cl)ccc(Cl)c21. The van der Waals surface area contributed by atoms with Crippen molar-refractivity contribution in [2.75, 3.05) is 27.9 Å². The second-order valence-electron chi connectivity index (χ2n) is 5.69. The largest absolute Gasteiger partial charge is 0.493 e. The average Bonchev–Trinajstić information content (AvgIpc) is 3.07. The van der Waals surface area contributed by atoms with Crippen molar-refractivity contribution in [2.24, 2.45) is 4.99 Å². The first kappa shape index (κ1) is 20.7. The van der Waals surface area contributed by atoms with Crippen LogP contribution in [-0.2, 0) is 11.3 Å². The van der Waals surface area contributed by atoms with Crippen molar-refractivity contribution >= 4 is 50.7 Å². The lowest BCUT2D eigenvalue weighted by Crippen LogP contribution is -2.19. The molecule has 0 spiro atoms. The molecular formula is C19H18Cl2N2O4S. The van der Waals surface area contributed by atoms with E-state index in [0.29, 0.717) is 45.1 Å². The summed E-state index contributed by atoms with van der Waals surface area (Å²) in [6, 6.07) is 8.51. The van der Waals surface area contributed by atoms with E-state index in [2.05, 4.69) is 4.99 Å². The van der Waals surface area contributed by atoms with Crippen LogP contribution in [0.25, 0.3) is 10.2 Å². The van der Waals surface area contributed by atoms with Crippen LogP contribution in [0.2, 0.25) is 10.0 Å². The highest BCUT2D eigenvalue weighted by molar-refractivity contribution is 7.17. The molecule has 0 N–H and O–H groups in total. The summed E-state index contributed by atoms with van der Waals surface area (Å²) in [4.78, 5) is 17.7. The van der Waals surface area contributed by atoms with E-state index in [-0.39, 0.29) is 0 Å². The maximum absolute atomic E-state index is 12.9. The number of carbonyl (C=O) groups is 1. The van der Waals surface area contributed by atoms with Gasteiger partial charge in [0.1, 0.15) is 0 Å². The number of carbonyl (C=O) groups excluding carboxylic acids is 1. The van der Waals surface area contributed by atoms with E-state index < -0.39 is 5.91 Å². The topological polar surface area (TPSA) is 62.1 Å². The molecule has 0 aliphatic carbocycles. The second kappa shape index (κ2) is 8.96. The van der Waals surface area contributed by atoms with Crippen molar-refractivity contribution in [3.63, 3.8) is 0 Å². The molecule has 6 nitrogen and oxygen atoms in total. The molecule has 0 fully saturated rings. The van der Waals surface area contributed by atoms with Gasteiger partial charge in [-0.05, 0) is 24.3 Å². The monoisotopic (exact) mass is 440 g/mol. The van der Waals surface area contributed by atoms with Gasteiger partial charge in [-0.15, -0.1) is 0 Å². The number of benzene rings is 2. The van der Waals surface area contributed by atoms with Gasteiger partial charge >= 0.3 is 0 Å². The maximum Gasteiger partial charge on any atom is 0.283 e. The van der Waals surface area contributed by atoms with Crippen LogP contribution in [0.1, 0.15) is 10.4 Å². The first-order chi connectivity index (χ1) is 13.5. The highest BCUT2D eigenvalue weighted by Crippen LogP contribution is 2.33. The van der Waals surface area contributed by atoms with E-state index >= 15 is 0 Å². The van der Waals surface area contributed by atoms with Crippen LogP contribution in [0.4, 0.5) is 0 Å². The van der Waals surface area contributed by atoms with Crippen LogP contribution in [0, 0.1) is 0 Å². The minimum atomic E-state index is -0.458. The molecule has 0 atom stereocenters. The third kappa shape index (κ3) is 3.89. The molecule has 28 heavy (non-hydrogen) atoms. The fraction of sp³-hybridized carbons (Fsp3) is 0.263. The Hall–Kier alpha value is -2.06. The summed E-state index contributed by atoms with van der Waals surface area (Å²) < 4.78 is 18.4. The lowest BCUT2D eigenvalue weighted by molar-refractivity contribution is 0.0993. The third-order valence-electron chi connectivity index (χ3n) is 4.08. The van der Waals surface area contributed by atoms with Crippen LogP contribution in [0.3, 0.4) is 0 Å². The lowest BCUT2D eigenvalue weighted by Gasteiger charge is -2.10. The highest BCUT2D eigenvalue weighted by atomic mass is 35.5. The van der Waals surface area contributed by atoms with Gasteiger partial charge in [-0.25, -0.2) is 0 Å². The summed E-state index contributed by atoms with van der Waals surface area (Å²) >= 11 is 14.0. The molecule has 3 rings (SSSR count). The van der Waals surface area contributed by atoms with Gasteiger partial charge in [-0.2, -0.15) is 4.99 Å². The Kier molecular flexibility index (Phi) is 6.61. The molecule has 0 saturated carbocycles. The van der Waals surface area contributed by atoms with Crippen LogP contribution in [0.5, 0.6) is 11.5 Å². The molecule has 1 heterocycles. The number of hydrogen-bond acceptors (Lipinski definition) is 5. The van der Waals surface area contributed by atoms with Gasteiger partial charge in [0.15, 0.2) is 16.3 Å². The fourth-order valence-corrected chi connectivity index (χ4v) is 4.46. The maximum atomic E-state index is 12.9. The lowest BCUT2D eigenvalue weighted by atomic mass is 10.2. The number of para-hydroxylation sites is 1. The molecule has 0 saturated heterocycles. The van der Waals surface area contributed by atoms with Gasteiger partial charge in [0.05, 0.1) is 46.7 Å². The molecule has 148 valence electrons. The number of thiazole rings is 1. The number of hydrogen-bond donors (Lipinski definition) is 0. The van der Waals surface area contributed by atoms with Gasteiger partial charge < -0.3 is 18.8 Å². The molecule has 0 bridgehead atoms. The summed E-state index contributed by atoms with van der Waals surface area (Å²) in [5, 5.41) is 1.07. The van der Waals surface area contributed by atoms with Gasteiger partial charge in [-0.3, -0.25) is 4.79 Å². The number of halogens is 2. The Morgan fingerprint density at radius 3 is 2.54 bits per heavy atom. The fourth-order valence-electron chi connectivity index (χ4n) is 2.79. The van der Waals surface area contributed by atoms with Gasteiger partial charge in [0.2, 0.25) is 0 Å². The zero-order chi connectivity index (χ0) is 20.3. The highest BCUT2D eigenvalue weighted by Gasteiger charge is 2.18. The molecule has 9 heteroatoms. The first-order valence-corrected chi connectivity index (χ1v) is 9.85. The number of amides is 1. The summed E-state index contributed by atoms with van der Waals surface area (Å²) in [6.45, 7) is 0.899. The number of methoxy groups -OCH3 is 3. The quantitative estimate of drug-likeness (QED) is 0.569. The standard InChI is InChI=1S/C19H18Cl2N2O4S/c1-25-10-9-23-15-12(20)7-8-13(21)17(15)28-19(23)22-18(24)11-5-4-6-14(26-2)16(11)27-3/h4-8H,9-10H2,1-3H3. The molecule has 3 aromatic rings. The zero-order valence-corrected chi connectivity index (χ0v) is 17.8. The van der Waals surface area contributed by atoms with E-state index in [4.69, 9.17) is 37.4 Å². The molecule has 1 amide bonds. The molecule has 2 aromatic carbocycles. The van der Waals surface area contributed by atoms with Gasteiger partial charge in [0, 0.05) is 13.7 Å². The second-order valence-corrected chi connectivity index (χ2v) is 7.49. The number of nitrogens with zero attached hydrogens (tertiary/aromatic N) is 2. The molecule has 0 aliphatic heterocycles. The number of ether oxygens (including phenoxy) is 3. The van der Waals surface area contributed by atoms with E-state index in [0.717, 1.165) is 10.2 Å². The summed E-state index contributed by atoms with van der Waals surface area (Å²) in [5.41, 5.74) is 1.02. The van der Waals surface area contributed by atoms with Crippen LogP contribution < -0.4 is 14.3 Å². The number of fused-ring (bicyclic) bond motifs is 1. The molecule has 0 radical (unpaired) electrons. The van der Waals surface area contributed by atoms with E-state index in [1.165, 1.54) is 25.6 Å². The van der Waals surface area contributed by atoms with Crippen molar-refractivity contribution in [1.82, 2.24) is 4.57 Å². The predicted octanol–water partition coefficient (Wildman–Crippen LogP) is 4.41. The minimum absolute atomic E-state index is 0.301. The number of aromatic nitrogens is 1. The van der Waals surface area contributed by atoms with Gasteiger partial charge in [0.25, 0.3) is 5.91 Å². The third-order valence-corrected chi connectivity index (χ3v) is 5.92. The van der Waals surface area contributed by atoms with Crippen molar-refractivity contribution in [3.05, 3.63) is 50.7 Å². The Balaban J connectivity index is 2.20. The normalized spacial score (nSPS) is 11.8. The molecule has 0 unspecified atom stereocenters. The first-order valence-electron chi connectivity index (χ1n) is 8.28. The van der Waals surface area contributed by atoms with Crippen molar-refractivity contribution < 1.29 is 19.0 Å². The van der Waals surface area contributed by atoms with Gasteiger partial charge in [-0.1, -0.05) is 40.6 Å². The molecular weight excluding hydrogens is 423 g/mol. The summed E-state index contributed by atoms with van der Waals surface area (Å²) in [7, 11) is 4.59. The Bertz CT molecular complexity index is 1090. The van der Waals surface area contributed by atoms with E-state index in [1.54, 1.807) is 37.4 Å². The Morgan fingerprint density at radius 2 is 1.86 bits per heavy atom. The van der Waals surface area contributed by atoms with Crippen molar-refractivity contribution in [1.29, 1.82) is 0 Å². The molecule has 0 aliphatic rings. The van der Waals surface area contributed by atoms with Crippen LogP contribution in [-0.4, -0.2) is 38.4 Å². The summed E-state index contributed by atoms with van der Waals surface area (Å²) in [6.07, 6.45) is 0. The predicted molar refractivity (Wildman–Crippen MR) is 111 cm³/mol. The van der Waals surface area contributed by atoms with E-state index in [9.17, 15) is 4.79 Å². The number of rotatable bonds is 6. The van der Waals surface area contributed by atoms with Crippen LogP contribution in [0.15, 0.2) is 35.3 Å². The van der Waals surface area contributed by atoms with Crippen molar-refractivity contribution in [2.45, 2.75) is 6.54 Å². The van der Waals surface area contributed by atoms with E-state index in [1.807, 2.05) is 4.57 Å². The minimum Gasteiger partial charge on any atom is -0.493 e. The zero-order valence-electron chi connectivity index (χ0n) is 15.5. The Morgan fingerprint density at radius 1 is 1.11 bits per heavy atom. The van der Waals surface area contributed by atoms with Crippen LogP contribution >= 0.6 is 34.5 Å². The average molecular weight is 441 g/mol. The smallest absolute Gasteiger partial charge is 0.283 e.